The Morgan fingerprint density at radius 2 is 1.97 bits per heavy atom. The molecule has 0 saturated carbocycles. The first-order chi connectivity index (χ1) is 15.1. The van der Waals surface area contributed by atoms with Crippen LogP contribution in [0.25, 0.3) is 16.5 Å². The minimum atomic E-state index is 0.843. The number of pyridine rings is 1. The van der Waals surface area contributed by atoms with Gasteiger partial charge in [0.15, 0.2) is 0 Å². The van der Waals surface area contributed by atoms with Crippen molar-refractivity contribution in [1.82, 2.24) is 4.98 Å². The lowest BCUT2D eigenvalue weighted by atomic mass is 9.93. The smallest absolute Gasteiger partial charge is 0.0970 e. The Balaban J connectivity index is 1.85. The van der Waals surface area contributed by atoms with Gasteiger partial charge in [-0.2, -0.15) is 0 Å². The molecule has 31 heavy (non-hydrogen) atoms. The van der Waals surface area contributed by atoms with Crippen molar-refractivity contribution in [2.24, 2.45) is 4.99 Å². The van der Waals surface area contributed by atoms with Gasteiger partial charge in [0.05, 0.1) is 11.2 Å². The Morgan fingerprint density at radius 1 is 1.10 bits per heavy atom. The fraction of sp³-hybridized carbons (Fsp3) is 0.172. The van der Waals surface area contributed by atoms with E-state index in [2.05, 4.69) is 88.1 Å². The number of hydrogen-bond acceptors (Lipinski definition) is 2. The summed E-state index contributed by atoms with van der Waals surface area (Å²) in [7, 11) is 0. The van der Waals surface area contributed by atoms with Crippen LogP contribution in [0, 0.1) is 6.92 Å². The lowest BCUT2D eigenvalue weighted by Crippen LogP contribution is -1.96. The molecule has 0 unspecified atom stereocenters. The van der Waals surface area contributed by atoms with Gasteiger partial charge in [0, 0.05) is 16.8 Å². The predicted octanol–water partition coefficient (Wildman–Crippen LogP) is 7.71. The van der Waals surface area contributed by atoms with Crippen molar-refractivity contribution in [2.45, 2.75) is 33.6 Å². The van der Waals surface area contributed by atoms with Gasteiger partial charge in [-0.1, -0.05) is 73.4 Å². The van der Waals surface area contributed by atoms with E-state index >= 15 is 0 Å². The monoisotopic (exact) mass is 404 g/mol. The van der Waals surface area contributed by atoms with E-state index in [0.29, 0.717) is 0 Å². The van der Waals surface area contributed by atoms with Crippen molar-refractivity contribution in [3.63, 3.8) is 0 Å². The molecule has 154 valence electrons. The van der Waals surface area contributed by atoms with Crippen LogP contribution in [0.3, 0.4) is 0 Å². The third-order valence-electron chi connectivity index (χ3n) is 5.66. The van der Waals surface area contributed by atoms with Gasteiger partial charge in [0.1, 0.15) is 0 Å². The number of aryl methyl sites for hydroxylation is 1. The van der Waals surface area contributed by atoms with Gasteiger partial charge in [0.2, 0.25) is 0 Å². The molecule has 1 aromatic carbocycles. The average molecular weight is 405 g/mol. The van der Waals surface area contributed by atoms with Crippen LogP contribution in [-0.4, -0.2) is 10.7 Å². The van der Waals surface area contributed by atoms with E-state index in [-0.39, 0.29) is 0 Å². The van der Waals surface area contributed by atoms with E-state index in [9.17, 15) is 0 Å². The summed E-state index contributed by atoms with van der Waals surface area (Å²) in [4.78, 5) is 9.96. The molecule has 0 fully saturated rings. The summed E-state index contributed by atoms with van der Waals surface area (Å²) in [6, 6.07) is 6.65. The van der Waals surface area contributed by atoms with Crippen molar-refractivity contribution < 1.29 is 0 Å². The Morgan fingerprint density at radius 3 is 2.81 bits per heavy atom. The number of allylic oxidation sites excluding steroid dienone is 13. The van der Waals surface area contributed by atoms with E-state index in [1.165, 1.54) is 33.2 Å². The summed E-state index contributed by atoms with van der Waals surface area (Å²) in [5.41, 5.74) is 10.3. The molecule has 2 heterocycles. The number of aliphatic imine (C=N–C) groups is 1. The van der Waals surface area contributed by atoms with Crippen molar-refractivity contribution in [2.75, 3.05) is 0 Å². The average Bonchev–Trinajstić information content (AvgIpc) is 3.12. The lowest BCUT2D eigenvalue weighted by Gasteiger charge is -2.14. The highest BCUT2D eigenvalue weighted by atomic mass is 14.8. The van der Waals surface area contributed by atoms with Crippen molar-refractivity contribution in [1.29, 1.82) is 0 Å². The molecule has 4 rings (SSSR count). The molecular weight excluding hydrogens is 376 g/mol. The Bertz CT molecular complexity index is 1260. The third kappa shape index (κ3) is 4.49. The second kappa shape index (κ2) is 9.09. The molecular formula is C29H28N2. The van der Waals surface area contributed by atoms with E-state index < -0.39 is 0 Å². The minimum absolute atomic E-state index is 0.843. The fourth-order valence-electron chi connectivity index (χ4n) is 4.11. The molecule has 2 aliphatic rings. The topological polar surface area (TPSA) is 25.2 Å². The number of fused-ring (bicyclic) bond motifs is 3. The molecule has 0 bridgehead atoms. The first-order valence-electron chi connectivity index (χ1n) is 10.7. The number of benzene rings is 1. The van der Waals surface area contributed by atoms with Crippen LogP contribution >= 0.6 is 0 Å². The Labute approximate surface area is 185 Å². The van der Waals surface area contributed by atoms with Crippen LogP contribution in [0.1, 0.15) is 37.1 Å². The zero-order valence-electron chi connectivity index (χ0n) is 18.5. The van der Waals surface area contributed by atoms with Crippen molar-refractivity contribution >= 4 is 27.9 Å². The Kier molecular flexibility index (Phi) is 6.08. The van der Waals surface area contributed by atoms with E-state index in [1.807, 2.05) is 12.2 Å². The number of aromatic nitrogens is 1. The SMILES string of the molecule is C=C/C=C\C=C(/C)C1=CC(C)=Nc2c(ccc3c(C4=CC=CC=CC4)cc(C)nc23)C1. The van der Waals surface area contributed by atoms with E-state index in [0.717, 1.165) is 35.5 Å². The second-order valence-electron chi connectivity index (χ2n) is 8.06. The van der Waals surface area contributed by atoms with E-state index in [1.54, 1.807) is 6.08 Å². The van der Waals surface area contributed by atoms with Gasteiger partial charge < -0.3 is 0 Å². The molecule has 0 saturated heterocycles. The maximum Gasteiger partial charge on any atom is 0.0970 e. The van der Waals surface area contributed by atoms with Crippen LogP contribution in [0.15, 0.2) is 102 Å². The number of nitrogens with zero attached hydrogens (tertiary/aromatic N) is 2. The maximum atomic E-state index is 5.01. The Hall–Kier alpha value is -3.52. The van der Waals surface area contributed by atoms with Crippen LogP contribution in [-0.2, 0) is 6.42 Å². The van der Waals surface area contributed by atoms with Gasteiger partial charge in [-0.05, 0) is 73.6 Å². The van der Waals surface area contributed by atoms with Gasteiger partial charge in [-0.25, -0.2) is 0 Å². The predicted molar refractivity (Wildman–Crippen MR) is 135 cm³/mol. The van der Waals surface area contributed by atoms with Gasteiger partial charge >= 0.3 is 0 Å². The molecule has 0 atom stereocenters. The normalized spacial score (nSPS) is 16.5. The molecule has 2 nitrogen and oxygen atoms in total. The standard InChI is InChI=1S/C29H28N2/c1-5-6-9-12-20(2)25-17-21(3)30-28-24(19-25)15-16-26-27(18-22(4)31-29(26)28)23-13-10-7-8-11-14-23/h5-13,15-18H,1,14,19H2,2-4H3/b9-6-,20-12+. The largest absolute Gasteiger partial charge is 0.251 e. The summed E-state index contributed by atoms with van der Waals surface area (Å²) in [5.74, 6) is 0. The lowest BCUT2D eigenvalue weighted by molar-refractivity contribution is 1.15. The highest BCUT2D eigenvalue weighted by molar-refractivity contribution is 6.04. The second-order valence-corrected chi connectivity index (χ2v) is 8.06. The molecule has 2 aromatic rings. The van der Waals surface area contributed by atoms with E-state index in [4.69, 9.17) is 9.98 Å². The number of rotatable bonds is 4. The van der Waals surface area contributed by atoms with Crippen LogP contribution in [0.5, 0.6) is 0 Å². The van der Waals surface area contributed by atoms with Crippen LogP contribution < -0.4 is 0 Å². The van der Waals surface area contributed by atoms with Crippen molar-refractivity contribution in [3.05, 3.63) is 114 Å². The quantitative estimate of drug-likeness (QED) is 0.479. The molecule has 1 aromatic heterocycles. The summed E-state index contributed by atoms with van der Waals surface area (Å²) in [6.45, 7) is 10.0. The fourth-order valence-corrected chi connectivity index (χ4v) is 4.11. The molecule has 0 radical (unpaired) electrons. The van der Waals surface area contributed by atoms with Crippen LogP contribution in [0.2, 0.25) is 0 Å². The zero-order chi connectivity index (χ0) is 21.8. The van der Waals surface area contributed by atoms with Gasteiger partial charge in [-0.15, -0.1) is 0 Å². The molecule has 1 aliphatic heterocycles. The summed E-state index contributed by atoms with van der Waals surface area (Å²) in [6.07, 6.45) is 22.6. The first kappa shape index (κ1) is 20.7. The highest BCUT2D eigenvalue weighted by Gasteiger charge is 2.17. The summed E-state index contributed by atoms with van der Waals surface area (Å²) >= 11 is 0. The summed E-state index contributed by atoms with van der Waals surface area (Å²) in [5, 5.41) is 1.17. The highest BCUT2D eigenvalue weighted by Crippen LogP contribution is 2.38. The van der Waals surface area contributed by atoms with Gasteiger partial charge in [0.25, 0.3) is 0 Å². The molecule has 2 heteroatoms. The molecule has 0 amide bonds. The first-order valence-corrected chi connectivity index (χ1v) is 10.7. The number of hydrogen-bond donors (Lipinski definition) is 0. The molecule has 0 N–H and O–H groups in total. The molecule has 1 aliphatic carbocycles. The van der Waals surface area contributed by atoms with Gasteiger partial charge in [-0.3, -0.25) is 9.98 Å². The maximum absolute atomic E-state index is 5.01. The third-order valence-corrected chi connectivity index (χ3v) is 5.66. The molecule has 0 spiro atoms. The van der Waals surface area contributed by atoms with Crippen molar-refractivity contribution in [3.8, 4) is 0 Å². The minimum Gasteiger partial charge on any atom is -0.251 e. The summed E-state index contributed by atoms with van der Waals surface area (Å²) < 4.78 is 0. The zero-order valence-corrected chi connectivity index (χ0v) is 18.5. The van der Waals surface area contributed by atoms with Crippen LogP contribution in [0.4, 0.5) is 5.69 Å².